The Morgan fingerprint density at radius 1 is 1.27 bits per heavy atom. The molecule has 0 radical (unpaired) electrons. The van der Waals surface area contributed by atoms with E-state index in [4.69, 9.17) is 0 Å². The zero-order valence-corrected chi connectivity index (χ0v) is 17.4. The molecule has 7 heteroatoms. The fourth-order valence-corrected chi connectivity index (χ4v) is 5.06. The minimum absolute atomic E-state index is 0.203. The summed E-state index contributed by atoms with van der Waals surface area (Å²) in [6.07, 6.45) is 3.41. The number of thioether (sulfide) groups is 1. The number of hydrogen-bond donors (Lipinski definition) is 1. The van der Waals surface area contributed by atoms with Crippen LogP contribution in [0.15, 0.2) is 22.5 Å². The lowest BCUT2D eigenvalue weighted by atomic mass is 9.98. The Morgan fingerprint density at radius 2 is 2.00 bits per heavy atom. The van der Waals surface area contributed by atoms with Crippen molar-refractivity contribution in [2.45, 2.75) is 63.4 Å². The zero-order chi connectivity index (χ0) is 18.7. The number of likely N-dealkylation sites (tertiary alicyclic amines) is 1. The van der Waals surface area contributed by atoms with Crippen LogP contribution in [0.4, 0.5) is 10.8 Å². The molecule has 0 aliphatic carbocycles. The Kier molecular flexibility index (Phi) is 6.19. The van der Waals surface area contributed by atoms with Crippen LogP contribution in [0.3, 0.4) is 0 Å². The van der Waals surface area contributed by atoms with Gasteiger partial charge in [-0.25, -0.2) is 0 Å². The third-order valence-electron chi connectivity index (χ3n) is 5.05. The van der Waals surface area contributed by atoms with Gasteiger partial charge in [0, 0.05) is 17.8 Å². The van der Waals surface area contributed by atoms with Crippen molar-refractivity contribution in [1.29, 1.82) is 0 Å². The van der Waals surface area contributed by atoms with Gasteiger partial charge in [0.25, 0.3) is 0 Å². The van der Waals surface area contributed by atoms with Crippen molar-refractivity contribution in [2.24, 2.45) is 0 Å². The molecule has 2 atom stereocenters. The number of carbonyl (C=O) groups is 1. The first kappa shape index (κ1) is 19.2. The predicted octanol–water partition coefficient (Wildman–Crippen LogP) is 4.78. The Bertz CT molecular complexity index is 767. The second kappa shape index (κ2) is 8.39. The number of nitrogens with zero attached hydrogens (tertiary/aromatic N) is 3. The fraction of sp³-hybridized carbons (Fsp3) is 0.526. The third-order valence-corrected chi connectivity index (χ3v) is 7.01. The maximum Gasteiger partial charge on any atom is 0.233 e. The van der Waals surface area contributed by atoms with Gasteiger partial charge < -0.3 is 10.2 Å². The van der Waals surface area contributed by atoms with Crippen LogP contribution < -0.4 is 5.32 Å². The summed E-state index contributed by atoms with van der Waals surface area (Å²) in [6.45, 7) is 8.48. The lowest BCUT2D eigenvalue weighted by Crippen LogP contribution is -2.48. The third kappa shape index (κ3) is 4.38. The van der Waals surface area contributed by atoms with E-state index >= 15 is 0 Å². The maximum atomic E-state index is 12.6. The number of anilines is 2. The summed E-state index contributed by atoms with van der Waals surface area (Å²) in [5.74, 6) is 0.626. The Hall–Kier alpha value is -1.60. The van der Waals surface area contributed by atoms with Gasteiger partial charge in [-0.15, -0.1) is 10.2 Å². The topological polar surface area (TPSA) is 58.1 Å². The first-order valence-electron chi connectivity index (χ1n) is 9.06. The minimum atomic E-state index is 0.203. The van der Waals surface area contributed by atoms with Crippen molar-refractivity contribution in [2.75, 3.05) is 11.1 Å². The van der Waals surface area contributed by atoms with Crippen LogP contribution >= 0.6 is 23.1 Å². The summed E-state index contributed by atoms with van der Waals surface area (Å²) >= 11 is 2.97. The molecule has 0 bridgehead atoms. The molecule has 2 heterocycles. The molecular formula is C19H26N4OS2. The van der Waals surface area contributed by atoms with E-state index in [1.165, 1.54) is 40.6 Å². The van der Waals surface area contributed by atoms with Crippen molar-refractivity contribution in [3.8, 4) is 0 Å². The lowest BCUT2D eigenvalue weighted by Gasteiger charge is -2.39. The first-order chi connectivity index (χ1) is 12.5. The van der Waals surface area contributed by atoms with Gasteiger partial charge in [-0.1, -0.05) is 35.2 Å². The van der Waals surface area contributed by atoms with Gasteiger partial charge in [-0.2, -0.15) is 0 Å². The van der Waals surface area contributed by atoms with Crippen LogP contribution in [0.5, 0.6) is 0 Å². The highest BCUT2D eigenvalue weighted by Crippen LogP contribution is 2.30. The highest BCUT2D eigenvalue weighted by Gasteiger charge is 2.28. The molecule has 26 heavy (non-hydrogen) atoms. The predicted molar refractivity (Wildman–Crippen MR) is 109 cm³/mol. The van der Waals surface area contributed by atoms with E-state index in [9.17, 15) is 4.79 Å². The average Bonchev–Trinajstić information content (AvgIpc) is 3.04. The van der Waals surface area contributed by atoms with Gasteiger partial charge in [0.1, 0.15) is 0 Å². The van der Waals surface area contributed by atoms with Gasteiger partial charge >= 0.3 is 0 Å². The van der Waals surface area contributed by atoms with Gasteiger partial charge in [0.2, 0.25) is 11.0 Å². The summed E-state index contributed by atoms with van der Waals surface area (Å²) in [5, 5.41) is 12.5. The largest absolute Gasteiger partial charge is 0.337 e. The summed E-state index contributed by atoms with van der Waals surface area (Å²) in [6, 6.07) is 6.83. The highest BCUT2D eigenvalue weighted by molar-refractivity contribution is 8.01. The van der Waals surface area contributed by atoms with Crippen molar-refractivity contribution in [3.63, 3.8) is 0 Å². The van der Waals surface area contributed by atoms with Gasteiger partial charge in [0.15, 0.2) is 4.34 Å². The Morgan fingerprint density at radius 3 is 2.73 bits per heavy atom. The smallest absolute Gasteiger partial charge is 0.233 e. The molecule has 1 aromatic carbocycles. The van der Waals surface area contributed by atoms with E-state index < -0.39 is 0 Å². The molecule has 1 aliphatic rings. The van der Waals surface area contributed by atoms with Crippen LogP contribution in [0.2, 0.25) is 0 Å². The number of carbonyl (C=O) groups excluding carboxylic acids is 1. The molecule has 0 spiro atoms. The van der Waals surface area contributed by atoms with E-state index in [1.807, 2.05) is 17.0 Å². The Balaban J connectivity index is 1.58. The zero-order valence-electron chi connectivity index (χ0n) is 15.8. The highest BCUT2D eigenvalue weighted by atomic mass is 32.2. The fourth-order valence-electron chi connectivity index (χ4n) is 3.43. The maximum absolute atomic E-state index is 12.6. The van der Waals surface area contributed by atoms with E-state index in [0.717, 1.165) is 28.0 Å². The summed E-state index contributed by atoms with van der Waals surface area (Å²) < 4.78 is 0.823. The van der Waals surface area contributed by atoms with Crippen molar-refractivity contribution >= 4 is 39.8 Å². The number of nitrogens with one attached hydrogen (secondary N) is 1. The number of aromatic nitrogens is 2. The SMILES string of the molecule is Cc1cccc(Nc2nnc(SCC(=O)N3[C@H](C)CCC[C@@H]3C)s2)c1C. The monoisotopic (exact) mass is 390 g/mol. The van der Waals surface area contributed by atoms with Crippen LogP contribution in [0, 0.1) is 13.8 Å². The van der Waals surface area contributed by atoms with Crippen molar-refractivity contribution in [3.05, 3.63) is 29.3 Å². The molecule has 140 valence electrons. The van der Waals surface area contributed by atoms with Crippen LogP contribution in [-0.2, 0) is 4.79 Å². The molecular weight excluding hydrogens is 364 g/mol. The second-order valence-corrected chi connectivity index (χ2v) is 9.16. The van der Waals surface area contributed by atoms with E-state index in [2.05, 4.69) is 49.3 Å². The summed E-state index contributed by atoms with van der Waals surface area (Å²) in [5.41, 5.74) is 3.49. The second-order valence-electron chi connectivity index (χ2n) is 6.96. The molecule has 1 saturated heterocycles. The number of benzene rings is 1. The van der Waals surface area contributed by atoms with Gasteiger partial charge in [-0.3, -0.25) is 4.79 Å². The first-order valence-corrected chi connectivity index (χ1v) is 10.9. The normalized spacial score (nSPS) is 20.2. The van der Waals surface area contributed by atoms with Crippen LogP contribution in [0.1, 0.15) is 44.2 Å². The quantitative estimate of drug-likeness (QED) is 0.745. The minimum Gasteiger partial charge on any atom is -0.337 e. The molecule has 2 aromatic rings. The summed E-state index contributed by atoms with van der Waals surface area (Å²) in [4.78, 5) is 14.7. The van der Waals surface area contributed by atoms with E-state index in [0.29, 0.717) is 17.8 Å². The Labute approximate surface area is 163 Å². The number of aryl methyl sites for hydroxylation is 1. The molecule has 1 amide bonds. The van der Waals surface area contributed by atoms with Gasteiger partial charge in [-0.05, 0) is 64.2 Å². The van der Waals surface area contributed by atoms with E-state index in [1.54, 1.807) is 0 Å². The molecule has 1 aromatic heterocycles. The number of hydrogen-bond acceptors (Lipinski definition) is 6. The van der Waals surface area contributed by atoms with Crippen LogP contribution in [-0.4, -0.2) is 38.8 Å². The standard InChI is InChI=1S/C19H26N4OS2/c1-12-7-5-10-16(15(12)4)20-18-21-22-19(26-18)25-11-17(24)23-13(2)8-6-9-14(23)3/h5,7,10,13-14H,6,8-9,11H2,1-4H3,(H,20,21)/t13-,14+. The molecule has 1 aliphatic heterocycles. The average molecular weight is 391 g/mol. The van der Waals surface area contributed by atoms with Gasteiger partial charge in [0.05, 0.1) is 5.75 Å². The molecule has 0 saturated carbocycles. The molecule has 3 rings (SSSR count). The number of amides is 1. The van der Waals surface area contributed by atoms with E-state index in [-0.39, 0.29) is 5.91 Å². The molecule has 1 N–H and O–H groups in total. The number of piperidine rings is 1. The van der Waals surface area contributed by atoms with Crippen molar-refractivity contribution in [1.82, 2.24) is 15.1 Å². The summed E-state index contributed by atoms with van der Waals surface area (Å²) in [7, 11) is 0. The molecule has 0 unspecified atom stereocenters. The van der Waals surface area contributed by atoms with Crippen LogP contribution in [0.25, 0.3) is 0 Å². The number of rotatable bonds is 5. The lowest BCUT2D eigenvalue weighted by molar-refractivity contribution is -0.134. The molecule has 1 fully saturated rings. The molecule has 5 nitrogen and oxygen atoms in total. The van der Waals surface area contributed by atoms with Crippen molar-refractivity contribution < 1.29 is 4.79 Å².